The van der Waals surface area contributed by atoms with Crippen LogP contribution in [-0.4, -0.2) is 36.9 Å². The van der Waals surface area contributed by atoms with E-state index in [9.17, 15) is 17.2 Å². The van der Waals surface area contributed by atoms with Crippen LogP contribution in [0.2, 0.25) is 0 Å². The van der Waals surface area contributed by atoms with Gasteiger partial charge in [-0.15, -0.1) is 0 Å². The van der Waals surface area contributed by atoms with Gasteiger partial charge in [-0.25, -0.2) is 17.2 Å². The lowest BCUT2D eigenvalue weighted by molar-refractivity contribution is 0.324. The van der Waals surface area contributed by atoms with E-state index in [2.05, 4.69) is 4.72 Å². The summed E-state index contributed by atoms with van der Waals surface area (Å²) in [7, 11) is 1.72. The minimum absolute atomic E-state index is 0.124. The summed E-state index contributed by atoms with van der Waals surface area (Å²) >= 11 is 0. The Morgan fingerprint density at radius 1 is 0.706 bits per heavy atom. The standard InChI is InChI=1S/C24H23F2NO6S/c1-30-21-10-7-15(5-6-16-12-22(31-2)24(33-4)23(13-16)32-3)11-20(21)27-34(28,29)17-8-9-18(25)19(26)14-17/h5-14,27H,1-4H3/b6-5-. The molecule has 0 fully saturated rings. The molecule has 7 nitrogen and oxygen atoms in total. The molecule has 0 heterocycles. The highest BCUT2D eigenvalue weighted by Crippen LogP contribution is 2.38. The van der Waals surface area contributed by atoms with Crippen molar-refractivity contribution in [2.24, 2.45) is 0 Å². The van der Waals surface area contributed by atoms with Crippen molar-refractivity contribution in [1.29, 1.82) is 0 Å². The highest BCUT2D eigenvalue weighted by molar-refractivity contribution is 7.92. The zero-order valence-corrected chi connectivity index (χ0v) is 19.7. The van der Waals surface area contributed by atoms with Crippen LogP contribution in [-0.2, 0) is 10.0 Å². The molecule has 0 amide bonds. The molecule has 180 valence electrons. The van der Waals surface area contributed by atoms with E-state index in [1.54, 1.807) is 42.5 Å². The average Bonchev–Trinajstić information content (AvgIpc) is 2.83. The van der Waals surface area contributed by atoms with Gasteiger partial charge in [-0.05, 0) is 53.6 Å². The van der Waals surface area contributed by atoms with Gasteiger partial charge in [0.2, 0.25) is 5.75 Å². The van der Waals surface area contributed by atoms with Gasteiger partial charge in [0.1, 0.15) is 5.75 Å². The molecule has 3 aromatic rings. The Morgan fingerprint density at radius 3 is 1.88 bits per heavy atom. The second-order valence-electron chi connectivity index (χ2n) is 6.93. The first-order chi connectivity index (χ1) is 16.2. The Balaban J connectivity index is 1.94. The molecular weight excluding hydrogens is 468 g/mol. The van der Waals surface area contributed by atoms with E-state index in [-0.39, 0.29) is 11.4 Å². The number of hydrogen-bond donors (Lipinski definition) is 1. The molecule has 0 saturated carbocycles. The summed E-state index contributed by atoms with van der Waals surface area (Å²) in [6.07, 6.45) is 3.52. The van der Waals surface area contributed by atoms with E-state index in [0.29, 0.717) is 28.9 Å². The predicted octanol–water partition coefficient (Wildman–Crippen LogP) is 4.97. The topological polar surface area (TPSA) is 83.1 Å². The molecule has 0 atom stereocenters. The molecule has 3 rings (SSSR count). The molecule has 0 aliphatic carbocycles. The van der Waals surface area contributed by atoms with Crippen LogP contribution in [0.4, 0.5) is 14.5 Å². The zero-order chi connectivity index (χ0) is 24.9. The van der Waals surface area contributed by atoms with Crippen LogP contribution in [0.25, 0.3) is 12.2 Å². The van der Waals surface area contributed by atoms with Crippen LogP contribution in [0.1, 0.15) is 11.1 Å². The van der Waals surface area contributed by atoms with Gasteiger partial charge in [0.05, 0.1) is 39.0 Å². The van der Waals surface area contributed by atoms with E-state index in [4.69, 9.17) is 18.9 Å². The monoisotopic (exact) mass is 491 g/mol. The first kappa shape index (κ1) is 24.8. The third kappa shape index (κ3) is 5.40. The number of sulfonamides is 1. The summed E-state index contributed by atoms with van der Waals surface area (Å²) in [6, 6.07) is 10.7. The molecule has 0 bridgehead atoms. The third-order valence-electron chi connectivity index (χ3n) is 4.82. The van der Waals surface area contributed by atoms with Gasteiger partial charge >= 0.3 is 0 Å². The minimum atomic E-state index is -4.20. The SMILES string of the molecule is COc1ccc(/C=C\c2cc(OC)c(OC)c(OC)c2)cc1NS(=O)(=O)c1ccc(F)c(F)c1. The number of nitrogens with one attached hydrogen (secondary N) is 1. The van der Waals surface area contributed by atoms with Crippen molar-refractivity contribution in [3.63, 3.8) is 0 Å². The van der Waals surface area contributed by atoms with Crippen molar-refractivity contribution in [2.75, 3.05) is 33.2 Å². The van der Waals surface area contributed by atoms with Crippen molar-refractivity contribution in [2.45, 2.75) is 4.90 Å². The molecule has 0 aliphatic heterocycles. The van der Waals surface area contributed by atoms with Gasteiger partial charge in [-0.1, -0.05) is 18.2 Å². The van der Waals surface area contributed by atoms with E-state index in [1.165, 1.54) is 28.4 Å². The van der Waals surface area contributed by atoms with Crippen LogP contribution in [0.3, 0.4) is 0 Å². The Bertz CT molecular complexity index is 1300. The molecular formula is C24H23F2NO6S. The lowest BCUT2D eigenvalue weighted by Gasteiger charge is -2.13. The molecule has 0 saturated heterocycles. The van der Waals surface area contributed by atoms with Gasteiger partial charge < -0.3 is 18.9 Å². The number of benzene rings is 3. The minimum Gasteiger partial charge on any atom is -0.495 e. The predicted molar refractivity (Wildman–Crippen MR) is 125 cm³/mol. The maximum absolute atomic E-state index is 13.5. The second-order valence-corrected chi connectivity index (χ2v) is 8.62. The van der Waals surface area contributed by atoms with Crippen molar-refractivity contribution in [3.05, 3.63) is 71.3 Å². The molecule has 34 heavy (non-hydrogen) atoms. The first-order valence-electron chi connectivity index (χ1n) is 9.86. The summed E-state index contributed by atoms with van der Waals surface area (Å²) in [5, 5.41) is 0. The first-order valence-corrected chi connectivity index (χ1v) is 11.3. The van der Waals surface area contributed by atoms with E-state index in [0.717, 1.165) is 17.7 Å². The molecule has 3 aromatic carbocycles. The maximum Gasteiger partial charge on any atom is 0.262 e. The zero-order valence-electron chi connectivity index (χ0n) is 18.9. The maximum atomic E-state index is 13.5. The normalized spacial score (nSPS) is 11.4. The van der Waals surface area contributed by atoms with Crippen molar-refractivity contribution in [1.82, 2.24) is 0 Å². The van der Waals surface area contributed by atoms with Gasteiger partial charge in [-0.3, -0.25) is 4.72 Å². The van der Waals surface area contributed by atoms with Crippen LogP contribution in [0, 0.1) is 11.6 Å². The highest BCUT2D eigenvalue weighted by Gasteiger charge is 2.19. The van der Waals surface area contributed by atoms with Crippen LogP contribution >= 0.6 is 0 Å². The molecule has 0 spiro atoms. The van der Waals surface area contributed by atoms with Crippen LogP contribution < -0.4 is 23.7 Å². The summed E-state index contributed by atoms with van der Waals surface area (Å²) < 4.78 is 75.8. The number of rotatable bonds is 9. The fourth-order valence-corrected chi connectivity index (χ4v) is 4.22. The summed E-state index contributed by atoms with van der Waals surface area (Å²) in [6.45, 7) is 0. The van der Waals surface area contributed by atoms with Gasteiger partial charge in [0, 0.05) is 0 Å². The second kappa shape index (κ2) is 10.4. The van der Waals surface area contributed by atoms with Crippen LogP contribution in [0.5, 0.6) is 23.0 Å². The third-order valence-corrected chi connectivity index (χ3v) is 6.19. The molecule has 0 radical (unpaired) electrons. The number of methoxy groups -OCH3 is 4. The quantitative estimate of drug-likeness (QED) is 0.426. The van der Waals surface area contributed by atoms with Crippen molar-refractivity contribution in [3.8, 4) is 23.0 Å². The Kier molecular flexibility index (Phi) is 7.62. The molecule has 0 unspecified atom stereocenters. The van der Waals surface area contributed by atoms with Crippen molar-refractivity contribution >= 4 is 27.9 Å². The number of anilines is 1. The Morgan fingerprint density at radius 2 is 1.32 bits per heavy atom. The Labute approximate surface area is 196 Å². The number of hydrogen-bond acceptors (Lipinski definition) is 6. The highest BCUT2D eigenvalue weighted by atomic mass is 32.2. The fraction of sp³-hybridized carbons (Fsp3) is 0.167. The molecule has 0 aromatic heterocycles. The van der Waals surface area contributed by atoms with Gasteiger partial charge in [-0.2, -0.15) is 0 Å². The summed E-state index contributed by atoms with van der Waals surface area (Å²) in [5.74, 6) is -0.739. The Hall–Kier alpha value is -3.79. The number of halogens is 2. The summed E-state index contributed by atoms with van der Waals surface area (Å²) in [4.78, 5) is -0.424. The van der Waals surface area contributed by atoms with Gasteiger partial charge in [0.25, 0.3) is 10.0 Å². The molecule has 1 N–H and O–H groups in total. The lowest BCUT2D eigenvalue weighted by Crippen LogP contribution is -2.14. The largest absolute Gasteiger partial charge is 0.495 e. The average molecular weight is 492 g/mol. The smallest absolute Gasteiger partial charge is 0.262 e. The summed E-state index contributed by atoms with van der Waals surface area (Å²) in [5.41, 5.74) is 1.51. The van der Waals surface area contributed by atoms with E-state index >= 15 is 0 Å². The van der Waals surface area contributed by atoms with Crippen molar-refractivity contribution < 1.29 is 36.1 Å². The molecule has 0 aliphatic rings. The fourth-order valence-electron chi connectivity index (χ4n) is 3.15. The lowest BCUT2D eigenvalue weighted by atomic mass is 10.1. The van der Waals surface area contributed by atoms with E-state index in [1.807, 2.05) is 0 Å². The molecule has 10 heteroatoms. The number of ether oxygens (including phenoxy) is 4. The van der Waals surface area contributed by atoms with E-state index < -0.39 is 26.6 Å². The van der Waals surface area contributed by atoms with Crippen LogP contribution in [0.15, 0.2) is 53.4 Å². The van der Waals surface area contributed by atoms with Gasteiger partial charge in [0.15, 0.2) is 23.1 Å².